The number of benzene rings is 2. The summed E-state index contributed by atoms with van der Waals surface area (Å²) in [6.07, 6.45) is -0.362. The Bertz CT molecular complexity index is 1300. The summed E-state index contributed by atoms with van der Waals surface area (Å²) in [5.74, 6) is 0.885. The van der Waals surface area contributed by atoms with Crippen LogP contribution < -0.4 is 14.8 Å². The number of morpholine rings is 1. The summed E-state index contributed by atoms with van der Waals surface area (Å²) in [5.41, 5.74) is 1.75. The molecule has 4 rings (SSSR count). The van der Waals surface area contributed by atoms with Crippen LogP contribution in [0.15, 0.2) is 52.7 Å². The Hall–Kier alpha value is -2.99. The van der Waals surface area contributed by atoms with Crippen LogP contribution in [-0.2, 0) is 14.8 Å². The van der Waals surface area contributed by atoms with Crippen molar-refractivity contribution in [3.8, 4) is 22.8 Å². The molecule has 1 saturated heterocycles. The van der Waals surface area contributed by atoms with Crippen LogP contribution >= 0.6 is 11.3 Å². The van der Waals surface area contributed by atoms with Crippen molar-refractivity contribution in [3.05, 3.63) is 53.4 Å². The number of hydrogen-bond acceptors (Lipinski definition) is 8. The standard InChI is InChI=1S/C24H27N3O6S2/c1-15-12-27(13-16(2)33-15)35(29,30)19-8-5-17(6-9-19)23(28)26-24-25-21(14-34-24)20-10-7-18(31-3)11-22(20)32-4/h5-11,14-16H,12-13H2,1-4H3,(H,25,26,28). The van der Waals surface area contributed by atoms with E-state index in [0.29, 0.717) is 41.0 Å². The van der Waals surface area contributed by atoms with E-state index in [1.807, 2.05) is 31.4 Å². The quantitative estimate of drug-likeness (QED) is 0.507. The van der Waals surface area contributed by atoms with E-state index in [-0.39, 0.29) is 23.0 Å². The molecule has 2 aromatic carbocycles. The van der Waals surface area contributed by atoms with Crippen molar-refractivity contribution >= 4 is 32.4 Å². The van der Waals surface area contributed by atoms with Gasteiger partial charge in [0.2, 0.25) is 10.0 Å². The number of aromatic nitrogens is 1. The van der Waals surface area contributed by atoms with Gasteiger partial charge in [0.15, 0.2) is 5.13 Å². The maximum absolute atomic E-state index is 13.0. The van der Waals surface area contributed by atoms with Crippen molar-refractivity contribution in [2.75, 3.05) is 32.6 Å². The molecule has 11 heteroatoms. The van der Waals surface area contributed by atoms with Crippen molar-refractivity contribution in [2.24, 2.45) is 0 Å². The Balaban J connectivity index is 1.47. The molecule has 1 fully saturated rings. The smallest absolute Gasteiger partial charge is 0.257 e. The van der Waals surface area contributed by atoms with E-state index in [1.54, 1.807) is 20.3 Å². The number of rotatable bonds is 7. The second kappa shape index (κ2) is 10.3. The third-order valence-electron chi connectivity index (χ3n) is 5.55. The molecule has 1 aliphatic heterocycles. The molecule has 2 unspecified atom stereocenters. The minimum Gasteiger partial charge on any atom is -0.497 e. The number of ether oxygens (including phenoxy) is 3. The molecular formula is C24H27N3O6S2. The molecule has 0 aliphatic carbocycles. The van der Waals surface area contributed by atoms with Crippen molar-refractivity contribution in [3.63, 3.8) is 0 Å². The zero-order valence-corrected chi connectivity index (χ0v) is 21.5. The number of nitrogens with zero attached hydrogens (tertiary/aromatic N) is 2. The van der Waals surface area contributed by atoms with Crippen LogP contribution in [-0.4, -0.2) is 63.1 Å². The van der Waals surface area contributed by atoms with Crippen LogP contribution in [0.1, 0.15) is 24.2 Å². The number of thiazole rings is 1. The molecule has 1 aromatic heterocycles. The molecule has 0 spiro atoms. The summed E-state index contributed by atoms with van der Waals surface area (Å²) in [4.78, 5) is 17.4. The van der Waals surface area contributed by atoms with E-state index in [2.05, 4.69) is 10.3 Å². The Labute approximate surface area is 208 Å². The summed E-state index contributed by atoms with van der Waals surface area (Å²) >= 11 is 1.28. The Kier molecular flexibility index (Phi) is 7.41. The molecular weight excluding hydrogens is 490 g/mol. The average molecular weight is 518 g/mol. The van der Waals surface area contributed by atoms with Gasteiger partial charge in [-0.15, -0.1) is 11.3 Å². The lowest BCUT2D eigenvalue weighted by molar-refractivity contribution is -0.0440. The van der Waals surface area contributed by atoms with Crippen molar-refractivity contribution in [1.29, 1.82) is 0 Å². The maximum Gasteiger partial charge on any atom is 0.257 e. The third-order valence-corrected chi connectivity index (χ3v) is 8.15. The monoisotopic (exact) mass is 517 g/mol. The SMILES string of the molecule is COc1ccc(-c2csc(NC(=O)c3ccc(S(=O)(=O)N4CC(C)OC(C)C4)cc3)n2)c(OC)c1. The van der Waals surface area contributed by atoms with Gasteiger partial charge in [-0.1, -0.05) is 0 Å². The Morgan fingerprint density at radius 1 is 1.09 bits per heavy atom. The first-order valence-corrected chi connectivity index (χ1v) is 13.3. The minimum atomic E-state index is -3.68. The fraction of sp³-hybridized carbons (Fsp3) is 0.333. The molecule has 1 aliphatic rings. The highest BCUT2D eigenvalue weighted by atomic mass is 32.2. The number of anilines is 1. The first-order valence-electron chi connectivity index (χ1n) is 11.0. The van der Waals surface area contributed by atoms with Gasteiger partial charge >= 0.3 is 0 Å². The second-order valence-electron chi connectivity index (χ2n) is 8.16. The van der Waals surface area contributed by atoms with Crippen LogP contribution in [0.4, 0.5) is 5.13 Å². The van der Waals surface area contributed by atoms with Gasteiger partial charge in [-0.25, -0.2) is 13.4 Å². The topological polar surface area (TPSA) is 107 Å². The fourth-order valence-electron chi connectivity index (χ4n) is 3.89. The predicted octanol–water partition coefficient (Wildman–Crippen LogP) is 3.88. The molecule has 2 atom stereocenters. The summed E-state index contributed by atoms with van der Waals surface area (Å²) in [7, 11) is -0.531. The normalized spacial score (nSPS) is 18.7. The molecule has 186 valence electrons. The molecule has 35 heavy (non-hydrogen) atoms. The van der Waals surface area contributed by atoms with E-state index in [9.17, 15) is 13.2 Å². The zero-order valence-electron chi connectivity index (χ0n) is 19.8. The number of carbonyl (C=O) groups is 1. The van der Waals surface area contributed by atoms with Gasteiger partial charge < -0.3 is 14.2 Å². The van der Waals surface area contributed by atoms with Crippen molar-refractivity contribution in [1.82, 2.24) is 9.29 Å². The van der Waals surface area contributed by atoms with Crippen LogP contribution in [0.2, 0.25) is 0 Å². The highest BCUT2D eigenvalue weighted by Gasteiger charge is 2.32. The van der Waals surface area contributed by atoms with Gasteiger partial charge in [0.1, 0.15) is 11.5 Å². The molecule has 1 amide bonds. The predicted molar refractivity (Wildman–Crippen MR) is 134 cm³/mol. The summed E-state index contributed by atoms with van der Waals surface area (Å²) in [6.45, 7) is 4.28. The first-order chi connectivity index (χ1) is 16.7. The number of nitrogens with one attached hydrogen (secondary N) is 1. The Morgan fingerprint density at radius 3 is 2.40 bits per heavy atom. The molecule has 1 N–H and O–H groups in total. The fourth-order valence-corrected chi connectivity index (χ4v) is 6.18. The number of amides is 1. The maximum atomic E-state index is 13.0. The number of sulfonamides is 1. The number of hydrogen-bond donors (Lipinski definition) is 1. The average Bonchev–Trinajstić information content (AvgIpc) is 3.31. The summed E-state index contributed by atoms with van der Waals surface area (Å²) in [6, 6.07) is 11.3. The van der Waals surface area contributed by atoms with Gasteiger partial charge in [0.25, 0.3) is 5.91 Å². The van der Waals surface area contributed by atoms with E-state index in [1.165, 1.54) is 39.9 Å². The highest BCUT2D eigenvalue weighted by molar-refractivity contribution is 7.89. The van der Waals surface area contributed by atoms with Crippen molar-refractivity contribution < 1.29 is 27.4 Å². The van der Waals surface area contributed by atoms with Gasteiger partial charge in [-0.2, -0.15) is 4.31 Å². The summed E-state index contributed by atoms with van der Waals surface area (Å²) < 4.78 is 43.8. The molecule has 0 bridgehead atoms. The van der Waals surface area contributed by atoms with Gasteiger partial charge in [0.05, 0.1) is 37.0 Å². The lowest BCUT2D eigenvalue weighted by atomic mass is 10.1. The van der Waals surface area contributed by atoms with Crippen LogP contribution in [0, 0.1) is 0 Å². The lowest BCUT2D eigenvalue weighted by Gasteiger charge is -2.34. The minimum absolute atomic E-state index is 0.137. The van der Waals surface area contributed by atoms with E-state index in [0.717, 1.165) is 5.56 Å². The van der Waals surface area contributed by atoms with E-state index in [4.69, 9.17) is 14.2 Å². The van der Waals surface area contributed by atoms with E-state index < -0.39 is 10.0 Å². The Morgan fingerprint density at radius 2 is 1.77 bits per heavy atom. The molecule has 2 heterocycles. The molecule has 0 radical (unpaired) electrons. The third kappa shape index (κ3) is 5.48. The number of carbonyl (C=O) groups excluding carboxylic acids is 1. The molecule has 9 nitrogen and oxygen atoms in total. The largest absolute Gasteiger partial charge is 0.497 e. The zero-order chi connectivity index (χ0) is 25.2. The highest BCUT2D eigenvalue weighted by Crippen LogP contribution is 2.35. The van der Waals surface area contributed by atoms with Crippen LogP contribution in [0.5, 0.6) is 11.5 Å². The first kappa shape index (κ1) is 25.1. The summed E-state index contributed by atoms with van der Waals surface area (Å²) in [5, 5.41) is 5.00. The van der Waals surface area contributed by atoms with Gasteiger partial charge in [-0.05, 0) is 50.2 Å². The van der Waals surface area contributed by atoms with E-state index >= 15 is 0 Å². The second-order valence-corrected chi connectivity index (χ2v) is 11.0. The number of methoxy groups -OCH3 is 2. The van der Waals surface area contributed by atoms with Gasteiger partial charge in [0, 0.05) is 35.7 Å². The van der Waals surface area contributed by atoms with Gasteiger partial charge in [-0.3, -0.25) is 10.1 Å². The van der Waals surface area contributed by atoms with Crippen molar-refractivity contribution in [2.45, 2.75) is 31.0 Å². The molecule has 3 aromatic rings. The lowest BCUT2D eigenvalue weighted by Crippen LogP contribution is -2.48. The molecule has 0 saturated carbocycles. The van der Waals surface area contributed by atoms with Crippen LogP contribution in [0.25, 0.3) is 11.3 Å². The van der Waals surface area contributed by atoms with Crippen LogP contribution in [0.3, 0.4) is 0 Å².